The Morgan fingerprint density at radius 1 is 1.06 bits per heavy atom. The summed E-state index contributed by atoms with van der Waals surface area (Å²) in [5.74, 6) is 1.88. The summed E-state index contributed by atoms with van der Waals surface area (Å²) in [5, 5.41) is 5.50. The molecule has 0 spiro atoms. The molecule has 7 heteroatoms. The molecule has 1 aromatic carbocycles. The van der Waals surface area contributed by atoms with Crippen LogP contribution in [0.3, 0.4) is 0 Å². The second kappa shape index (κ2) is 11.6. The number of hydrogen-bond donors (Lipinski definition) is 2. The summed E-state index contributed by atoms with van der Waals surface area (Å²) in [6.45, 7) is 14.4. The third-order valence-corrected chi connectivity index (χ3v) is 4.77. The molecule has 0 saturated carbocycles. The standard InChI is InChI=1S/C25H37N3O4/c1-10-17(5)28(23(30)18(6)27-24(31)32-25(7,8)9)21(22(29)26-16(3)4)20-14-12-19(11-2)13-15-20/h2,12-18,21H,10H2,1,3-9H3,(H,26,29)(H,27,31). The number of nitrogens with one attached hydrogen (secondary N) is 2. The van der Waals surface area contributed by atoms with E-state index in [0.717, 1.165) is 0 Å². The average molecular weight is 444 g/mol. The summed E-state index contributed by atoms with van der Waals surface area (Å²) in [6.07, 6.45) is 5.40. The van der Waals surface area contributed by atoms with E-state index in [0.29, 0.717) is 17.5 Å². The monoisotopic (exact) mass is 443 g/mol. The second-order valence-electron chi connectivity index (χ2n) is 9.20. The Hall–Kier alpha value is -3.01. The number of carbonyl (C=O) groups excluding carboxylic acids is 3. The first kappa shape index (κ1) is 27.0. The predicted octanol–water partition coefficient (Wildman–Crippen LogP) is 3.77. The zero-order valence-corrected chi connectivity index (χ0v) is 20.5. The zero-order chi connectivity index (χ0) is 24.6. The lowest BCUT2D eigenvalue weighted by atomic mass is 9.99. The number of benzene rings is 1. The van der Waals surface area contributed by atoms with Gasteiger partial charge in [-0.25, -0.2) is 4.79 Å². The number of nitrogens with zero attached hydrogens (tertiary/aromatic N) is 1. The van der Waals surface area contributed by atoms with Crippen LogP contribution in [0.5, 0.6) is 0 Å². The topological polar surface area (TPSA) is 87.7 Å². The molecule has 0 bridgehead atoms. The molecule has 32 heavy (non-hydrogen) atoms. The van der Waals surface area contributed by atoms with Crippen molar-refractivity contribution in [2.24, 2.45) is 0 Å². The molecule has 3 unspecified atom stereocenters. The number of amides is 3. The Morgan fingerprint density at radius 2 is 1.62 bits per heavy atom. The van der Waals surface area contributed by atoms with Crippen LogP contribution >= 0.6 is 0 Å². The number of alkyl carbamates (subject to hydrolysis) is 1. The van der Waals surface area contributed by atoms with Crippen LogP contribution in [0.1, 0.15) is 79.0 Å². The molecule has 0 fully saturated rings. The number of terminal acetylenes is 1. The maximum atomic E-state index is 13.5. The minimum atomic E-state index is -0.891. The van der Waals surface area contributed by atoms with E-state index in [4.69, 9.17) is 11.2 Å². The average Bonchev–Trinajstić information content (AvgIpc) is 2.68. The molecule has 0 saturated heterocycles. The van der Waals surface area contributed by atoms with Gasteiger partial charge in [0.2, 0.25) is 11.8 Å². The van der Waals surface area contributed by atoms with Crippen LogP contribution < -0.4 is 10.6 Å². The summed E-state index contributed by atoms with van der Waals surface area (Å²) in [6, 6.07) is 4.86. The molecule has 1 rings (SSSR count). The van der Waals surface area contributed by atoms with Gasteiger partial charge in [-0.3, -0.25) is 9.59 Å². The van der Waals surface area contributed by atoms with Crippen LogP contribution in [0, 0.1) is 12.3 Å². The third kappa shape index (κ3) is 7.92. The van der Waals surface area contributed by atoms with Crippen molar-refractivity contribution in [1.29, 1.82) is 0 Å². The fourth-order valence-corrected chi connectivity index (χ4v) is 3.13. The van der Waals surface area contributed by atoms with Gasteiger partial charge in [-0.2, -0.15) is 0 Å². The molecule has 0 aromatic heterocycles. The summed E-state index contributed by atoms with van der Waals surface area (Å²) in [5.41, 5.74) is 0.625. The Balaban J connectivity index is 3.35. The van der Waals surface area contributed by atoms with E-state index in [2.05, 4.69) is 16.6 Å². The summed E-state index contributed by atoms with van der Waals surface area (Å²) in [4.78, 5) is 40.5. The van der Waals surface area contributed by atoms with Crippen LogP contribution in [-0.4, -0.2) is 46.5 Å². The van der Waals surface area contributed by atoms with Gasteiger partial charge in [-0.15, -0.1) is 6.42 Å². The van der Waals surface area contributed by atoms with Gasteiger partial charge in [0.15, 0.2) is 0 Å². The number of rotatable bonds is 8. The van der Waals surface area contributed by atoms with Crippen molar-refractivity contribution in [2.75, 3.05) is 0 Å². The van der Waals surface area contributed by atoms with Crippen LogP contribution in [-0.2, 0) is 14.3 Å². The van der Waals surface area contributed by atoms with Gasteiger partial charge >= 0.3 is 6.09 Å². The van der Waals surface area contributed by atoms with E-state index in [9.17, 15) is 14.4 Å². The van der Waals surface area contributed by atoms with Gasteiger partial charge in [0.05, 0.1) is 0 Å². The van der Waals surface area contributed by atoms with Gasteiger partial charge in [0.1, 0.15) is 17.7 Å². The van der Waals surface area contributed by atoms with Crippen LogP contribution in [0.25, 0.3) is 0 Å². The van der Waals surface area contributed by atoms with Crippen LogP contribution in [0.4, 0.5) is 4.79 Å². The van der Waals surface area contributed by atoms with Gasteiger partial charge in [-0.05, 0) is 72.6 Å². The van der Waals surface area contributed by atoms with Crippen molar-refractivity contribution in [3.05, 3.63) is 35.4 Å². The fraction of sp³-hybridized carbons (Fsp3) is 0.560. The summed E-state index contributed by atoms with van der Waals surface area (Å²) < 4.78 is 5.28. The summed E-state index contributed by atoms with van der Waals surface area (Å²) >= 11 is 0. The molecule has 0 radical (unpaired) electrons. The Bertz CT molecular complexity index is 834. The number of carbonyl (C=O) groups is 3. The third-order valence-electron chi connectivity index (χ3n) is 4.77. The van der Waals surface area contributed by atoms with Crippen LogP contribution in [0.2, 0.25) is 0 Å². The highest BCUT2D eigenvalue weighted by Crippen LogP contribution is 2.26. The Kier molecular flexibility index (Phi) is 9.77. The van der Waals surface area contributed by atoms with E-state index in [1.54, 1.807) is 52.0 Å². The molecule has 2 N–H and O–H groups in total. The minimum Gasteiger partial charge on any atom is -0.444 e. The molecule has 0 aliphatic heterocycles. The maximum Gasteiger partial charge on any atom is 0.408 e. The number of hydrogen-bond acceptors (Lipinski definition) is 4. The highest BCUT2D eigenvalue weighted by Gasteiger charge is 2.37. The van der Waals surface area contributed by atoms with E-state index < -0.39 is 23.8 Å². The molecule has 176 valence electrons. The normalized spacial score (nSPS) is 14.0. The van der Waals surface area contributed by atoms with Crippen molar-refractivity contribution in [3.8, 4) is 12.3 Å². The van der Waals surface area contributed by atoms with E-state index in [1.807, 2.05) is 27.7 Å². The smallest absolute Gasteiger partial charge is 0.408 e. The van der Waals surface area contributed by atoms with Gasteiger partial charge < -0.3 is 20.3 Å². The molecule has 0 heterocycles. The molecular formula is C25H37N3O4. The largest absolute Gasteiger partial charge is 0.444 e. The molecule has 7 nitrogen and oxygen atoms in total. The number of ether oxygens (including phenoxy) is 1. The molecule has 3 atom stereocenters. The zero-order valence-electron chi connectivity index (χ0n) is 20.5. The highest BCUT2D eigenvalue weighted by molar-refractivity contribution is 5.92. The van der Waals surface area contributed by atoms with Crippen molar-refractivity contribution >= 4 is 17.9 Å². The van der Waals surface area contributed by atoms with Gasteiger partial charge in [0.25, 0.3) is 0 Å². The lowest BCUT2D eigenvalue weighted by Crippen LogP contribution is -2.55. The molecular weight excluding hydrogens is 406 g/mol. The van der Waals surface area contributed by atoms with Gasteiger partial charge in [0, 0.05) is 17.6 Å². The first-order chi connectivity index (χ1) is 14.8. The Morgan fingerprint density at radius 3 is 2.06 bits per heavy atom. The molecule has 3 amide bonds. The van der Waals surface area contributed by atoms with Crippen LogP contribution in [0.15, 0.2) is 24.3 Å². The molecule has 1 aromatic rings. The maximum absolute atomic E-state index is 13.5. The van der Waals surface area contributed by atoms with Crippen molar-refractivity contribution in [1.82, 2.24) is 15.5 Å². The molecule has 0 aliphatic rings. The molecule has 0 aliphatic carbocycles. The quantitative estimate of drug-likeness (QED) is 0.599. The van der Waals surface area contributed by atoms with Gasteiger partial charge in [-0.1, -0.05) is 25.0 Å². The first-order valence-electron chi connectivity index (χ1n) is 11.0. The first-order valence-corrected chi connectivity index (χ1v) is 11.0. The van der Waals surface area contributed by atoms with Crippen molar-refractivity contribution in [2.45, 2.75) is 91.6 Å². The predicted molar refractivity (Wildman–Crippen MR) is 126 cm³/mol. The lowest BCUT2D eigenvalue weighted by Gasteiger charge is -2.38. The lowest BCUT2D eigenvalue weighted by molar-refractivity contribution is -0.145. The minimum absolute atomic E-state index is 0.110. The van der Waals surface area contributed by atoms with Crippen molar-refractivity contribution < 1.29 is 19.1 Å². The van der Waals surface area contributed by atoms with E-state index >= 15 is 0 Å². The van der Waals surface area contributed by atoms with E-state index in [-0.39, 0.29) is 23.9 Å². The van der Waals surface area contributed by atoms with E-state index in [1.165, 1.54) is 4.90 Å². The second-order valence-corrected chi connectivity index (χ2v) is 9.20. The Labute approximate surface area is 192 Å². The highest BCUT2D eigenvalue weighted by atomic mass is 16.6. The fourth-order valence-electron chi connectivity index (χ4n) is 3.13. The van der Waals surface area contributed by atoms with Crippen molar-refractivity contribution in [3.63, 3.8) is 0 Å². The summed E-state index contributed by atoms with van der Waals surface area (Å²) in [7, 11) is 0. The SMILES string of the molecule is C#Cc1ccc(C(C(=O)NC(C)C)N(C(=O)C(C)NC(=O)OC(C)(C)C)C(C)CC)cc1.